The summed E-state index contributed by atoms with van der Waals surface area (Å²) in [6.07, 6.45) is 0. The van der Waals surface area contributed by atoms with E-state index in [1.165, 1.54) is 18.2 Å². The van der Waals surface area contributed by atoms with Gasteiger partial charge in [-0.3, -0.25) is 4.90 Å². The van der Waals surface area contributed by atoms with Crippen molar-refractivity contribution in [2.24, 2.45) is 5.41 Å². The lowest BCUT2D eigenvalue weighted by Crippen LogP contribution is -2.72. The number of hydroxylamine groups is 2. The molecule has 2 rings (SSSR count). The minimum Gasteiger partial charge on any atom is -0.314 e. The number of nitrogens with zero attached hydrogens (tertiary/aromatic N) is 2. The van der Waals surface area contributed by atoms with Gasteiger partial charge in [0.1, 0.15) is 0 Å². The fourth-order valence-corrected chi connectivity index (χ4v) is 2.11. The molecule has 0 aromatic rings. The molecule has 3 nitrogen and oxygen atoms in total. The van der Waals surface area contributed by atoms with Gasteiger partial charge in [-0.05, 0) is 13.8 Å². The minimum absolute atomic E-state index is 0.471. The van der Waals surface area contributed by atoms with E-state index in [1.54, 1.807) is 0 Å². The van der Waals surface area contributed by atoms with Crippen molar-refractivity contribution in [2.75, 3.05) is 26.2 Å². The molecule has 3 heteroatoms. The zero-order chi connectivity index (χ0) is 8.06. The Hall–Kier alpha value is -0.120. The van der Waals surface area contributed by atoms with Crippen molar-refractivity contribution in [3.63, 3.8) is 0 Å². The Morgan fingerprint density at radius 3 is 2.09 bits per heavy atom. The third-order valence-electron chi connectivity index (χ3n) is 2.84. The van der Waals surface area contributed by atoms with Gasteiger partial charge in [0.05, 0.1) is 0 Å². The summed E-state index contributed by atoms with van der Waals surface area (Å²) in [5.74, 6) is 0. The smallest absolute Gasteiger partial charge is 0.0332 e. The first-order chi connectivity index (χ1) is 5.11. The Kier molecular flexibility index (Phi) is 1.50. The first kappa shape index (κ1) is 7.53. The van der Waals surface area contributed by atoms with E-state index < -0.39 is 0 Å². The van der Waals surface area contributed by atoms with Crippen LogP contribution in [0.1, 0.15) is 13.8 Å². The van der Waals surface area contributed by atoms with Crippen LogP contribution in [-0.2, 0) is 0 Å². The SMILES string of the molecule is CC(C)N1CC2(CN(O)C2)C1. The third kappa shape index (κ3) is 1.08. The highest BCUT2D eigenvalue weighted by Gasteiger charge is 2.51. The first-order valence-corrected chi connectivity index (χ1v) is 4.29. The predicted molar refractivity (Wildman–Crippen MR) is 42.5 cm³/mol. The fourth-order valence-electron chi connectivity index (χ4n) is 2.11. The summed E-state index contributed by atoms with van der Waals surface area (Å²) in [6, 6.07) is 0.674. The van der Waals surface area contributed by atoms with E-state index in [9.17, 15) is 0 Å². The van der Waals surface area contributed by atoms with E-state index in [2.05, 4.69) is 18.7 Å². The van der Waals surface area contributed by atoms with Gasteiger partial charge in [0, 0.05) is 37.6 Å². The van der Waals surface area contributed by atoms with Gasteiger partial charge in [0.2, 0.25) is 0 Å². The normalized spacial score (nSPS) is 30.5. The molecule has 0 unspecified atom stereocenters. The second-order valence-corrected chi connectivity index (χ2v) is 4.32. The summed E-state index contributed by atoms with van der Waals surface area (Å²) in [5, 5.41) is 10.4. The molecule has 2 fully saturated rings. The molecule has 2 saturated heterocycles. The summed E-state index contributed by atoms with van der Waals surface area (Å²) < 4.78 is 0. The number of hydrogen-bond donors (Lipinski definition) is 1. The average molecular weight is 156 g/mol. The van der Waals surface area contributed by atoms with Crippen molar-refractivity contribution in [1.29, 1.82) is 0 Å². The van der Waals surface area contributed by atoms with E-state index in [0.29, 0.717) is 11.5 Å². The second kappa shape index (κ2) is 2.19. The molecule has 0 aromatic heterocycles. The van der Waals surface area contributed by atoms with E-state index in [1.807, 2.05) is 0 Å². The monoisotopic (exact) mass is 156 g/mol. The summed E-state index contributed by atoms with van der Waals surface area (Å²) in [7, 11) is 0. The molecule has 2 aliphatic heterocycles. The van der Waals surface area contributed by atoms with Crippen molar-refractivity contribution in [3.8, 4) is 0 Å². The second-order valence-electron chi connectivity index (χ2n) is 4.32. The zero-order valence-electron chi connectivity index (χ0n) is 7.25. The Morgan fingerprint density at radius 2 is 1.73 bits per heavy atom. The molecular formula is C8H16N2O. The molecule has 0 aliphatic carbocycles. The van der Waals surface area contributed by atoms with Crippen LogP contribution < -0.4 is 0 Å². The van der Waals surface area contributed by atoms with Crippen LogP contribution in [0, 0.1) is 5.41 Å². The molecule has 2 heterocycles. The summed E-state index contributed by atoms with van der Waals surface area (Å²) in [6.45, 7) is 8.58. The number of hydrogen-bond acceptors (Lipinski definition) is 3. The molecule has 11 heavy (non-hydrogen) atoms. The summed E-state index contributed by atoms with van der Waals surface area (Å²) in [4.78, 5) is 2.45. The van der Waals surface area contributed by atoms with Gasteiger partial charge < -0.3 is 5.21 Å². The Morgan fingerprint density at radius 1 is 1.18 bits per heavy atom. The van der Waals surface area contributed by atoms with Gasteiger partial charge in [-0.1, -0.05) is 0 Å². The van der Waals surface area contributed by atoms with E-state index in [-0.39, 0.29) is 0 Å². The lowest BCUT2D eigenvalue weighted by atomic mass is 9.73. The van der Waals surface area contributed by atoms with Crippen molar-refractivity contribution < 1.29 is 5.21 Å². The van der Waals surface area contributed by atoms with Gasteiger partial charge in [0.25, 0.3) is 0 Å². The first-order valence-electron chi connectivity index (χ1n) is 4.29. The number of likely N-dealkylation sites (tertiary alicyclic amines) is 1. The fraction of sp³-hybridized carbons (Fsp3) is 1.00. The van der Waals surface area contributed by atoms with Gasteiger partial charge in [-0.2, -0.15) is 5.06 Å². The largest absolute Gasteiger partial charge is 0.314 e. The standard InChI is InChI=1S/C8H16N2O/c1-7(2)9-3-8(4-9)5-10(11)6-8/h7,11H,3-6H2,1-2H3. The van der Waals surface area contributed by atoms with Crippen LogP contribution in [0.2, 0.25) is 0 Å². The molecule has 0 aromatic carbocycles. The lowest BCUT2D eigenvalue weighted by molar-refractivity contribution is -0.249. The van der Waals surface area contributed by atoms with Gasteiger partial charge in [-0.25, -0.2) is 0 Å². The molecule has 0 bridgehead atoms. The zero-order valence-corrected chi connectivity index (χ0v) is 7.25. The van der Waals surface area contributed by atoms with Crippen molar-refractivity contribution in [2.45, 2.75) is 19.9 Å². The molecule has 1 N–H and O–H groups in total. The molecule has 0 saturated carbocycles. The van der Waals surface area contributed by atoms with Crippen LogP contribution in [0.4, 0.5) is 0 Å². The number of rotatable bonds is 1. The maximum atomic E-state index is 8.99. The lowest BCUT2D eigenvalue weighted by Gasteiger charge is -2.59. The van der Waals surface area contributed by atoms with Crippen LogP contribution in [0.5, 0.6) is 0 Å². The quantitative estimate of drug-likeness (QED) is 0.595. The molecular weight excluding hydrogens is 140 g/mol. The highest BCUT2D eigenvalue weighted by Crippen LogP contribution is 2.39. The van der Waals surface area contributed by atoms with E-state index >= 15 is 0 Å². The maximum Gasteiger partial charge on any atom is 0.0332 e. The van der Waals surface area contributed by atoms with Crippen molar-refractivity contribution in [1.82, 2.24) is 9.96 Å². The molecule has 2 aliphatic rings. The molecule has 1 spiro atoms. The Bertz CT molecular complexity index is 155. The van der Waals surface area contributed by atoms with Crippen LogP contribution >= 0.6 is 0 Å². The highest BCUT2D eigenvalue weighted by molar-refractivity contribution is 5.03. The van der Waals surface area contributed by atoms with Gasteiger partial charge in [0.15, 0.2) is 0 Å². The highest BCUT2D eigenvalue weighted by atomic mass is 16.5. The van der Waals surface area contributed by atoms with Crippen LogP contribution in [0.15, 0.2) is 0 Å². The van der Waals surface area contributed by atoms with E-state index in [0.717, 1.165) is 13.1 Å². The van der Waals surface area contributed by atoms with E-state index in [4.69, 9.17) is 5.21 Å². The van der Waals surface area contributed by atoms with Crippen LogP contribution in [0.3, 0.4) is 0 Å². The predicted octanol–water partition coefficient (Wildman–Crippen LogP) is 0.402. The van der Waals surface area contributed by atoms with Gasteiger partial charge in [-0.15, -0.1) is 0 Å². The Balaban J connectivity index is 1.80. The molecule has 64 valence electrons. The molecule has 0 radical (unpaired) electrons. The molecule has 0 atom stereocenters. The van der Waals surface area contributed by atoms with Crippen LogP contribution in [-0.4, -0.2) is 47.4 Å². The minimum atomic E-state index is 0.471. The van der Waals surface area contributed by atoms with Crippen molar-refractivity contribution in [3.05, 3.63) is 0 Å². The summed E-state index contributed by atoms with van der Waals surface area (Å²) in [5.41, 5.74) is 0.471. The maximum absolute atomic E-state index is 8.99. The van der Waals surface area contributed by atoms with Gasteiger partial charge >= 0.3 is 0 Å². The van der Waals surface area contributed by atoms with Crippen molar-refractivity contribution >= 4 is 0 Å². The Labute approximate surface area is 67.6 Å². The molecule has 0 amide bonds. The summed E-state index contributed by atoms with van der Waals surface area (Å²) >= 11 is 0. The topological polar surface area (TPSA) is 26.7 Å². The van der Waals surface area contributed by atoms with Crippen LogP contribution in [0.25, 0.3) is 0 Å². The third-order valence-corrected chi connectivity index (χ3v) is 2.84. The average Bonchev–Trinajstić information content (AvgIpc) is 1.73.